The first-order valence-corrected chi connectivity index (χ1v) is 15.2. The van der Waals surface area contributed by atoms with E-state index in [4.69, 9.17) is 4.98 Å². The van der Waals surface area contributed by atoms with Gasteiger partial charge < -0.3 is 4.90 Å². The van der Waals surface area contributed by atoms with Gasteiger partial charge in [-0.15, -0.1) is 0 Å². The van der Waals surface area contributed by atoms with Gasteiger partial charge in [0, 0.05) is 34.1 Å². The van der Waals surface area contributed by atoms with E-state index in [2.05, 4.69) is 170 Å². The molecule has 5 nitrogen and oxygen atoms in total. The molecule has 0 spiro atoms. The summed E-state index contributed by atoms with van der Waals surface area (Å²) in [4.78, 5) is 7.74. The van der Waals surface area contributed by atoms with E-state index >= 15 is 0 Å². The number of anilines is 2. The lowest BCUT2D eigenvalue weighted by Crippen LogP contribution is -2.29. The van der Waals surface area contributed by atoms with Crippen molar-refractivity contribution in [2.45, 2.75) is 12.0 Å². The lowest BCUT2D eigenvalue weighted by molar-refractivity contribution is 0.743. The molecule has 2 aliphatic rings. The predicted molar refractivity (Wildman–Crippen MR) is 180 cm³/mol. The molecule has 0 amide bonds. The molecule has 0 saturated heterocycles. The first-order chi connectivity index (χ1) is 21.9. The summed E-state index contributed by atoms with van der Waals surface area (Å²) >= 11 is 0. The molecule has 8 aromatic rings. The molecule has 1 aliphatic heterocycles. The minimum Gasteiger partial charge on any atom is -0.333 e. The molecule has 208 valence electrons. The van der Waals surface area contributed by atoms with Gasteiger partial charge in [-0.2, -0.15) is 0 Å². The van der Waals surface area contributed by atoms with E-state index < -0.39 is 0 Å². The number of para-hydroxylation sites is 6. The summed E-state index contributed by atoms with van der Waals surface area (Å²) in [5.74, 6) is 1.13. The molecular weight excluding hydrogens is 538 g/mol. The number of fused-ring (bicyclic) bond motifs is 10. The zero-order valence-electron chi connectivity index (χ0n) is 23.8. The van der Waals surface area contributed by atoms with Gasteiger partial charge in [-0.25, -0.2) is 4.98 Å². The Balaban J connectivity index is 1.29. The number of hydrogen-bond acceptors (Lipinski definition) is 2. The van der Waals surface area contributed by atoms with Crippen LogP contribution in [0.25, 0.3) is 50.3 Å². The molecule has 5 aromatic carbocycles. The number of rotatable bonds is 3. The SMILES string of the molecule is C1=CC2C(C=C1n1c3c4ccccc4n(-c4ccccc4)c3n3c4ccccc4nc13)c1ccccc1N2c1ccccc1. The molecule has 0 saturated carbocycles. The normalized spacial score (nSPS) is 17.5. The number of hydrogen-bond donors (Lipinski definition) is 0. The van der Waals surface area contributed by atoms with Crippen molar-refractivity contribution in [3.8, 4) is 5.69 Å². The summed E-state index contributed by atoms with van der Waals surface area (Å²) in [5.41, 5.74) is 11.7. The van der Waals surface area contributed by atoms with Gasteiger partial charge >= 0.3 is 0 Å². The fourth-order valence-corrected chi connectivity index (χ4v) is 7.56. The highest BCUT2D eigenvalue weighted by Crippen LogP contribution is 2.49. The third-order valence-corrected chi connectivity index (χ3v) is 9.35. The molecule has 5 heteroatoms. The maximum absolute atomic E-state index is 5.26. The second-order valence-electron chi connectivity index (χ2n) is 11.7. The molecule has 44 heavy (non-hydrogen) atoms. The summed E-state index contributed by atoms with van der Waals surface area (Å²) in [7, 11) is 0. The third-order valence-electron chi connectivity index (χ3n) is 9.35. The Kier molecular flexibility index (Phi) is 4.77. The second-order valence-corrected chi connectivity index (χ2v) is 11.7. The average Bonchev–Trinajstić information content (AvgIpc) is 3.80. The van der Waals surface area contributed by atoms with E-state index in [1.54, 1.807) is 0 Å². The summed E-state index contributed by atoms with van der Waals surface area (Å²) in [5, 5.41) is 1.20. The van der Waals surface area contributed by atoms with Gasteiger partial charge in [-0.3, -0.25) is 13.5 Å². The van der Waals surface area contributed by atoms with Crippen molar-refractivity contribution in [2.75, 3.05) is 4.90 Å². The van der Waals surface area contributed by atoms with Crippen molar-refractivity contribution in [3.05, 3.63) is 157 Å². The Morgan fingerprint density at radius 2 is 1.27 bits per heavy atom. The van der Waals surface area contributed by atoms with Crippen LogP contribution in [0, 0.1) is 0 Å². The number of nitrogens with zero attached hydrogens (tertiary/aromatic N) is 5. The van der Waals surface area contributed by atoms with E-state index in [9.17, 15) is 0 Å². The topological polar surface area (TPSA) is 30.4 Å². The molecule has 2 unspecified atom stereocenters. The van der Waals surface area contributed by atoms with Crippen LogP contribution in [0.3, 0.4) is 0 Å². The summed E-state index contributed by atoms with van der Waals surface area (Å²) < 4.78 is 7.12. The minimum atomic E-state index is 0.199. The van der Waals surface area contributed by atoms with Gasteiger partial charge in [0.15, 0.2) is 5.65 Å². The van der Waals surface area contributed by atoms with Gasteiger partial charge in [0.25, 0.3) is 0 Å². The molecule has 0 fully saturated rings. The van der Waals surface area contributed by atoms with Crippen molar-refractivity contribution in [1.29, 1.82) is 0 Å². The van der Waals surface area contributed by atoms with Crippen LogP contribution in [0.4, 0.5) is 11.4 Å². The predicted octanol–water partition coefficient (Wildman–Crippen LogP) is 9.10. The van der Waals surface area contributed by atoms with E-state index in [1.165, 1.54) is 33.4 Å². The van der Waals surface area contributed by atoms with Crippen molar-refractivity contribution >= 4 is 55.9 Å². The fraction of sp³-hybridized carbons (Fsp3) is 0.0513. The molecule has 2 atom stereocenters. The average molecular weight is 566 g/mol. The minimum absolute atomic E-state index is 0.199. The first-order valence-electron chi connectivity index (χ1n) is 15.2. The standard InChI is InChI=1S/C39H27N5/c1-3-13-26(14-4-1)41-33-20-10-7-17-29(33)31-25-28(23-24-35(31)41)43-37-30-18-8-11-21-34(30)42(27-15-5-2-6-16-27)38(37)44-36-22-12-9-19-32(36)40-39(43)44/h1-25,31,35H. The molecular formula is C39H27N5. The zero-order chi connectivity index (χ0) is 28.8. The van der Waals surface area contributed by atoms with Crippen LogP contribution in [0.5, 0.6) is 0 Å². The van der Waals surface area contributed by atoms with E-state index in [1.807, 2.05) is 0 Å². The highest BCUT2D eigenvalue weighted by atomic mass is 15.3. The molecule has 0 bridgehead atoms. The van der Waals surface area contributed by atoms with Crippen LogP contribution in [-0.2, 0) is 0 Å². The van der Waals surface area contributed by atoms with E-state index in [0.717, 1.165) is 33.8 Å². The highest BCUT2D eigenvalue weighted by Gasteiger charge is 2.39. The van der Waals surface area contributed by atoms with Crippen LogP contribution in [-0.4, -0.2) is 24.6 Å². The van der Waals surface area contributed by atoms with Crippen LogP contribution in [0.1, 0.15) is 11.5 Å². The van der Waals surface area contributed by atoms with Crippen LogP contribution < -0.4 is 4.90 Å². The molecule has 3 aromatic heterocycles. The number of allylic oxidation sites excluding steroid dienone is 2. The Bertz CT molecular complexity index is 2460. The monoisotopic (exact) mass is 565 g/mol. The quantitative estimate of drug-likeness (QED) is 0.214. The molecule has 1 aliphatic carbocycles. The molecule has 0 N–H and O–H groups in total. The zero-order valence-corrected chi connectivity index (χ0v) is 23.8. The van der Waals surface area contributed by atoms with Gasteiger partial charge in [0.05, 0.1) is 22.6 Å². The molecule has 10 rings (SSSR count). The van der Waals surface area contributed by atoms with Crippen molar-refractivity contribution in [3.63, 3.8) is 0 Å². The molecule has 4 heterocycles. The number of benzene rings is 5. The van der Waals surface area contributed by atoms with Crippen LogP contribution in [0.2, 0.25) is 0 Å². The largest absolute Gasteiger partial charge is 0.333 e. The van der Waals surface area contributed by atoms with Crippen molar-refractivity contribution < 1.29 is 0 Å². The third kappa shape index (κ3) is 3.10. The van der Waals surface area contributed by atoms with Gasteiger partial charge in [-0.05, 0) is 60.2 Å². The maximum Gasteiger partial charge on any atom is 0.221 e. The fourth-order valence-electron chi connectivity index (χ4n) is 7.56. The van der Waals surface area contributed by atoms with Crippen molar-refractivity contribution in [1.82, 2.24) is 18.5 Å². The summed E-state index contributed by atoms with van der Waals surface area (Å²) in [6.07, 6.45) is 7.14. The Labute approximate surface area is 253 Å². The molecule has 0 radical (unpaired) electrons. The summed E-state index contributed by atoms with van der Waals surface area (Å²) in [6.45, 7) is 0. The second kappa shape index (κ2) is 8.85. The van der Waals surface area contributed by atoms with Gasteiger partial charge in [0.2, 0.25) is 5.78 Å². The lowest BCUT2D eigenvalue weighted by Gasteiger charge is -2.29. The van der Waals surface area contributed by atoms with Gasteiger partial charge in [-0.1, -0.05) is 97.1 Å². The van der Waals surface area contributed by atoms with Crippen LogP contribution in [0.15, 0.2) is 152 Å². The van der Waals surface area contributed by atoms with Crippen molar-refractivity contribution in [2.24, 2.45) is 0 Å². The van der Waals surface area contributed by atoms with E-state index in [0.29, 0.717) is 0 Å². The summed E-state index contributed by atoms with van der Waals surface area (Å²) in [6, 6.07) is 47.7. The van der Waals surface area contributed by atoms with E-state index in [-0.39, 0.29) is 12.0 Å². The Hall–Kier alpha value is -5.81. The Morgan fingerprint density at radius 1 is 0.591 bits per heavy atom. The van der Waals surface area contributed by atoms with Crippen LogP contribution >= 0.6 is 0 Å². The maximum atomic E-state index is 5.26. The first kappa shape index (κ1) is 23.7. The smallest absolute Gasteiger partial charge is 0.221 e. The number of aromatic nitrogens is 4. The number of imidazole rings is 2. The highest BCUT2D eigenvalue weighted by molar-refractivity contribution is 6.11. The Morgan fingerprint density at radius 3 is 2.11 bits per heavy atom. The van der Waals surface area contributed by atoms with Gasteiger partial charge in [0.1, 0.15) is 5.52 Å². The lowest BCUT2D eigenvalue weighted by atomic mass is 9.90.